The first-order valence-corrected chi connectivity index (χ1v) is 37.4. The van der Waals surface area contributed by atoms with E-state index in [9.17, 15) is 59.9 Å². The van der Waals surface area contributed by atoms with E-state index >= 15 is 28.0 Å². The molecule has 0 aromatic carbocycles. The number of ether oxygens (including phenoxy) is 1. The molecule has 0 aromatic heterocycles. The number of likely N-dealkylation sites (N-methyl/N-ethyl adjacent to an activating group) is 5. The lowest BCUT2D eigenvalue weighted by molar-refractivity contribution is -0.219. The van der Waals surface area contributed by atoms with Crippen LogP contribution in [0.5, 0.6) is 0 Å². The quantitative estimate of drug-likeness (QED) is 0.142. The molecule has 7 rings (SSSR count). The van der Waals surface area contributed by atoms with Gasteiger partial charge < -0.3 is 60.3 Å². The maximum atomic E-state index is 15.6. The molecule has 3 aliphatic heterocycles. The number of carbonyl (C=O) groups is 11. The maximum absolute atomic E-state index is 15.6. The van der Waals surface area contributed by atoms with E-state index in [-0.39, 0.29) is 109 Å². The summed E-state index contributed by atoms with van der Waals surface area (Å²) in [5.41, 5.74) is -1.63. The third-order valence-corrected chi connectivity index (χ3v) is 23.6. The molecule has 4 aliphatic carbocycles. The molecule has 7 aliphatic rings. The fraction of sp³-hybridized carbons (Fsp3) is 0.847. The van der Waals surface area contributed by atoms with E-state index in [1.165, 1.54) is 61.8 Å². The highest BCUT2D eigenvalue weighted by Gasteiger charge is 2.56. The molecular weight excluding hydrogens is 1360 g/mol. The Balaban J connectivity index is 1.28. The van der Waals surface area contributed by atoms with Crippen molar-refractivity contribution in [1.29, 1.82) is 0 Å². The van der Waals surface area contributed by atoms with Gasteiger partial charge in [-0.05, 0) is 147 Å². The van der Waals surface area contributed by atoms with Crippen LogP contribution in [-0.2, 0) is 57.5 Å². The van der Waals surface area contributed by atoms with Gasteiger partial charge >= 0.3 is 12.4 Å². The van der Waals surface area contributed by atoms with Crippen LogP contribution >= 0.6 is 0 Å². The molecule has 2 unspecified atom stereocenters. The minimum absolute atomic E-state index is 0.00615. The molecular formula is C72H113F8N11O12. The number of carbonyl (C=O) groups excluding carboxylic acids is 11. The molecule has 0 radical (unpaired) electrons. The van der Waals surface area contributed by atoms with Gasteiger partial charge in [-0.3, -0.25) is 52.7 Å². The highest BCUT2D eigenvalue weighted by Crippen LogP contribution is 2.45. The smallest absolute Gasteiger partial charge is 0.377 e. The zero-order chi connectivity index (χ0) is 76.5. The van der Waals surface area contributed by atoms with Crippen molar-refractivity contribution in [2.75, 3.05) is 61.5 Å². The molecule has 7 fully saturated rings. The SMILES string of the molecule is CCO[C@@H]1C[C@H]2C(=O)NC3(CCCC3)C(=O)N(C)[C@@H](C3CCCCC3)C(=O)N(C)[C@H](C)CC(=O)N(C)[C@@H](CC(C)C)C(=O)N[C@@H]([C@@H](C)CC)C(=O)N(C)[C@@H](C)C(=O)N3CC[C@H]3C(=O)N[C@@H](CC3CCC(C(F)(F)F)CC3)C(=O)N(C)CC(=O)N[C@@H](CCC3CC(F)C(C(F)(F)F)C(F)C3)C(=O)N2C1. The highest BCUT2D eigenvalue weighted by atomic mass is 19.4. The Bertz CT molecular complexity index is 2990. The summed E-state index contributed by atoms with van der Waals surface area (Å²) in [6.07, 6.45) is -13.8. The topological polar surface area (TPSA) is 268 Å². The molecule has 103 heavy (non-hydrogen) atoms. The van der Waals surface area contributed by atoms with Crippen molar-refractivity contribution in [2.24, 2.45) is 41.4 Å². The van der Waals surface area contributed by atoms with Crippen molar-refractivity contribution in [3.63, 3.8) is 0 Å². The Hall–Kier alpha value is -6.43. The van der Waals surface area contributed by atoms with E-state index in [1.54, 1.807) is 20.8 Å². The molecule has 3 heterocycles. The van der Waals surface area contributed by atoms with Crippen molar-refractivity contribution >= 4 is 65.0 Å². The largest absolute Gasteiger partial charge is 0.397 e. The van der Waals surface area contributed by atoms with Gasteiger partial charge in [0.05, 0.1) is 18.6 Å². The molecule has 11 amide bonds. The average Bonchev–Trinajstić information content (AvgIpc) is 1.75. The van der Waals surface area contributed by atoms with Gasteiger partial charge in [-0.1, -0.05) is 66.2 Å². The summed E-state index contributed by atoms with van der Waals surface area (Å²) in [6, 6.07) is -11.3. The van der Waals surface area contributed by atoms with Gasteiger partial charge in [-0.25, -0.2) is 8.78 Å². The maximum Gasteiger partial charge on any atom is 0.397 e. The van der Waals surface area contributed by atoms with E-state index in [4.69, 9.17) is 4.74 Å². The second-order valence-electron chi connectivity index (χ2n) is 31.2. The second kappa shape index (κ2) is 35.8. The molecule has 0 aromatic rings. The van der Waals surface area contributed by atoms with Crippen LogP contribution in [0.3, 0.4) is 0 Å². The number of nitrogens with one attached hydrogen (secondary N) is 4. The number of hydrogen-bond donors (Lipinski definition) is 4. The number of nitrogens with zero attached hydrogens (tertiary/aromatic N) is 7. The normalized spacial score (nSPS) is 33.4. The van der Waals surface area contributed by atoms with Gasteiger partial charge in [-0.2, -0.15) is 26.3 Å². The molecule has 31 heteroatoms. The van der Waals surface area contributed by atoms with E-state index in [0.717, 1.165) is 34.0 Å². The lowest BCUT2D eigenvalue weighted by Gasteiger charge is -2.43. The monoisotopic (exact) mass is 1480 g/mol. The van der Waals surface area contributed by atoms with E-state index in [2.05, 4.69) is 21.3 Å². The molecule has 0 bridgehead atoms. The molecule has 584 valence electrons. The van der Waals surface area contributed by atoms with Crippen LogP contribution in [0.1, 0.15) is 196 Å². The zero-order valence-electron chi connectivity index (χ0n) is 62.1. The molecule has 23 nitrogen and oxygen atoms in total. The summed E-state index contributed by atoms with van der Waals surface area (Å²) in [5, 5.41) is 11.2. The van der Waals surface area contributed by atoms with E-state index < -0.39 is 211 Å². The molecule has 4 saturated carbocycles. The average molecular weight is 1480 g/mol. The van der Waals surface area contributed by atoms with Gasteiger partial charge in [0.2, 0.25) is 65.0 Å². The Morgan fingerprint density at radius 1 is 0.592 bits per heavy atom. The standard InChI is InChI=1S/C72H113F8N11O12/c1-13-41(5)59-67(100)87(10)43(7)64(97)90-31-28-53(90)61(94)82-52(36-44-22-25-47(26-23-44)71(75,76)77)65(98)85(8)39-56(92)81-51(27-24-45-34-49(73)58(50(74)35-45)72(78,79)80)66(99)91-38-48(103-14-2)37-55(91)63(96)84-70(29-18-19-30-70)69(102)89(12)60(46-20-16-15-17-21-46)68(101)86(9)42(6)33-57(93)88(11)54(32-40(3)4)62(95)83-59/h40-55,58-60H,13-39H2,1-12H3,(H,81,92)(H,82,94)(H,83,95)(H,84,96)/t41-,42+,43-,44?,45?,47?,48+,49?,50?,51-,52-,53-,54-,55-,58?,59-,60-/m0/s1. The molecule has 13 atom stereocenters. The van der Waals surface area contributed by atoms with Crippen molar-refractivity contribution in [2.45, 2.75) is 287 Å². The number of fused-ring (bicyclic) bond motifs is 2. The fourth-order valence-electron chi connectivity index (χ4n) is 16.7. The first-order valence-electron chi connectivity index (χ1n) is 37.4. The Labute approximate surface area is 600 Å². The lowest BCUT2D eigenvalue weighted by Crippen LogP contribution is -2.65. The minimum Gasteiger partial charge on any atom is -0.377 e. The zero-order valence-corrected chi connectivity index (χ0v) is 62.1. The Kier molecular flexibility index (Phi) is 29.1. The third kappa shape index (κ3) is 20.4. The van der Waals surface area contributed by atoms with Crippen molar-refractivity contribution in [1.82, 2.24) is 55.6 Å². The summed E-state index contributed by atoms with van der Waals surface area (Å²) < 4.78 is 120. The first kappa shape index (κ1) is 83.8. The van der Waals surface area contributed by atoms with Crippen LogP contribution in [0, 0.1) is 41.4 Å². The van der Waals surface area contributed by atoms with Crippen LogP contribution < -0.4 is 21.3 Å². The Morgan fingerprint density at radius 2 is 1.21 bits per heavy atom. The van der Waals surface area contributed by atoms with Gasteiger partial charge in [0, 0.05) is 73.8 Å². The Morgan fingerprint density at radius 3 is 1.77 bits per heavy atom. The van der Waals surface area contributed by atoms with Crippen LogP contribution in [0.15, 0.2) is 0 Å². The first-order chi connectivity index (χ1) is 48.2. The van der Waals surface area contributed by atoms with Crippen LogP contribution in [0.25, 0.3) is 0 Å². The van der Waals surface area contributed by atoms with Crippen molar-refractivity contribution in [3.8, 4) is 0 Å². The second-order valence-corrected chi connectivity index (χ2v) is 31.2. The lowest BCUT2D eigenvalue weighted by atomic mass is 9.76. The fourth-order valence-corrected chi connectivity index (χ4v) is 16.7. The summed E-state index contributed by atoms with van der Waals surface area (Å²) in [5.74, 6) is -15.2. The number of alkyl halides is 8. The predicted octanol–water partition coefficient (Wildman–Crippen LogP) is 7.16. The number of halogens is 8. The summed E-state index contributed by atoms with van der Waals surface area (Å²) in [7, 11) is 7.07. The number of hydrogen-bond acceptors (Lipinski definition) is 12. The van der Waals surface area contributed by atoms with Crippen LogP contribution in [0.4, 0.5) is 35.1 Å². The third-order valence-electron chi connectivity index (χ3n) is 23.6. The van der Waals surface area contributed by atoms with Gasteiger partial charge in [0.1, 0.15) is 72.1 Å². The van der Waals surface area contributed by atoms with Gasteiger partial charge in [-0.15, -0.1) is 0 Å². The summed E-state index contributed by atoms with van der Waals surface area (Å²) in [4.78, 5) is 173. The van der Waals surface area contributed by atoms with E-state index in [1.807, 2.05) is 20.8 Å². The molecule has 4 N–H and O–H groups in total. The number of rotatable bonds is 12. The van der Waals surface area contributed by atoms with Gasteiger partial charge in [0.15, 0.2) is 0 Å². The minimum atomic E-state index is -5.20. The van der Waals surface area contributed by atoms with Crippen molar-refractivity contribution < 1.29 is 92.6 Å². The summed E-state index contributed by atoms with van der Waals surface area (Å²) >= 11 is 0. The van der Waals surface area contributed by atoms with Gasteiger partial charge in [0.25, 0.3) is 0 Å². The molecule has 3 saturated heterocycles. The predicted molar refractivity (Wildman–Crippen MR) is 364 cm³/mol. The van der Waals surface area contributed by atoms with Crippen LogP contribution in [0.2, 0.25) is 0 Å². The van der Waals surface area contributed by atoms with E-state index in [0.29, 0.717) is 32.1 Å². The van der Waals surface area contributed by atoms with Crippen molar-refractivity contribution in [3.05, 3.63) is 0 Å². The summed E-state index contributed by atoms with van der Waals surface area (Å²) in [6.45, 7) is 11.1. The van der Waals surface area contributed by atoms with Crippen LogP contribution in [-0.4, -0.2) is 251 Å². The molecule has 1 spiro atoms. The highest BCUT2D eigenvalue weighted by molar-refractivity contribution is 6.00. The number of amides is 11.